The van der Waals surface area contributed by atoms with Gasteiger partial charge in [-0.3, -0.25) is 22.9 Å². The van der Waals surface area contributed by atoms with Gasteiger partial charge in [0, 0.05) is 31.8 Å². The Morgan fingerprint density at radius 3 is 1.52 bits per heavy atom. The number of nitrogen functional groups attached to an aromatic ring is 2. The summed E-state index contributed by atoms with van der Waals surface area (Å²) in [7, 11) is -9.40. The van der Waals surface area contributed by atoms with E-state index in [9.17, 15) is 84.8 Å². The summed E-state index contributed by atoms with van der Waals surface area (Å²) in [6.07, 6.45) is -14.0. The number of aliphatic hydroxyl groups excluding tert-OH is 6. The van der Waals surface area contributed by atoms with Crippen molar-refractivity contribution >= 4 is 66.0 Å². The second kappa shape index (κ2) is 21.4. The third-order valence-corrected chi connectivity index (χ3v) is 16.1. The van der Waals surface area contributed by atoms with Crippen LogP contribution in [0.5, 0.6) is 0 Å². The van der Waals surface area contributed by atoms with E-state index in [1.54, 1.807) is 4.72 Å². The Morgan fingerprint density at radius 1 is 0.625 bits per heavy atom. The predicted octanol–water partition coefficient (Wildman–Crippen LogP) is -1.71. The van der Waals surface area contributed by atoms with Crippen LogP contribution in [0.3, 0.4) is 0 Å². The van der Waals surface area contributed by atoms with Gasteiger partial charge in [0.1, 0.15) is 59.9 Å². The molecule has 6 aromatic rings. The number of imidazole rings is 2. The summed E-state index contributed by atoms with van der Waals surface area (Å²) in [5.41, 5.74) is 6.72. The molecule has 2 aromatic carbocycles. The van der Waals surface area contributed by atoms with Crippen molar-refractivity contribution in [2.75, 3.05) is 24.6 Å². The summed E-state index contributed by atoms with van der Waals surface area (Å²) >= 11 is 0. The van der Waals surface area contributed by atoms with E-state index in [-0.39, 0.29) is 33.5 Å². The van der Waals surface area contributed by atoms with E-state index in [2.05, 4.69) is 19.9 Å². The number of nitrogens with one attached hydrogen (secondary N) is 3. The number of benzene rings is 2. The lowest BCUT2D eigenvalue weighted by molar-refractivity contribution is -0.226. The van der Waals surface area contributed by atoms with Crippen LogP contribution < -0.4 is 25.6 Å². The second-order valence-electron chi connectivity index (χ2n) is 19.1. The molecule has 4 unspecified atom stereocenters. The average molecular weight is 1170 g/mol. The summed E-state index contributed by atoms with van der Waals surface area (Å²) < 4.78 is 132. The number of halogens is 4. The van der Waals surface area contributed by atoms with E-state index in [1.165, 1.54) is 99.6 Å². The molecule has 15 N–H and O–H groups in total. The lowest BCUT2D eigenvalue weighted by atomic mass is 9.88. The van der Waals surface area contributed by atoms with Crippen molar-refractivity contribution < 1.29 is 98.5 Å². The number of aromatic nitrogens is 6. The third-order valence-electron chi connectivity index (χ3n) is 14.2. The first-order chi connectivity index (χ1) is 37.5. The number of fused-ring (bicyclic) bond motifs is 4. The Labute approximate surface area is 449 Å². The van der Waals surface area contributed by atoms with Crippen LogP contribution in [0.15, 0.2) is 85.7 Å². The van der Waals surface area contributed by atoms with Gasteiger partial charge in [0.05, 0.1) is 30.6 Å². The van der Waals surface area contributed by atoms with Crippen molar-refractivity contribution in [1.29, 1.82) is 0 Å². The zero-order valence-electron chi connectivity index (χ0n) is 41.0. The lowest BCUT2D eigenvalue weighted by Gasteiger charge is -2.31. The molecule has 0 saturated carbocycles. The van der Waals surface area contributed by atoms with Crippen LogP contribution in [0.25, 0.3) is 22.3 Å². The van der Waals surface area contributed by atoms with Gasteiger partial charge in [0.15, 0.2) is 35.0 Å². The van der Waals surface area contributed by atoms with Crippen molar-refractivity contribution in [3.05, 3.63) is 108 Å². The molecule has 0 radical (unpaired) electrons. The van der Waals surface area contributed by atoms with Crippen LogP contribution in [0.2, 0.25) is 0 Å². The van der Waals surface area contributed by atoms with Crippen molar-refractivity contribution in [2.45, 2.75) is 110 Å². The van der Waals surface area contributed by atoms with Crippen molar-refractivity contribution in [3.63, 3.8) is 0 Å². The molecule has 4 aliphatic rings. The van der Waals surface area contributed by atoms with Crippen LogP contribution in [0.4, 0.5) is 28.9 Å². The van der Waals surface area contributed by atoms with Gasteiger partial charge in [-0.15, -0.1) is 0 Å². The van der Waals surface area contributed by atoms with Crippen LogP contribution in [-0.4, -0.2) is 160 Å². The van der Waals surface area contributed by atoms with E-state index < -0.39 is 155 Å². The van der Waals surface area contributed by atoms with E-state index in [0.29, 0.717) is 22.4 Å². The van der Waals surface area contributed by atoms with Crippen molar-refractivity contribution in [1.82, 2.24) is 43.2 Å². The molecule has 28 nitrogen and oxygen atoms in total. The van der Waals surface area contributed by atoms with Crippen molar-refractivity contribution in [2.24, 2.45) is 0 Å². The van der Waals surface area contributed by atoms with Gasteiger partial charge < -0.3 is 61.8 Å². The molecule has 12 atom stereocenters. The minimum absolute atomic E-state index is 0.191. The monoisotopic (exact) mass is 1170 g/mol. The van der Waals surface area contributed by atoms with Gasteiger partial charge in [0.25, 0.3) is 0 Å². The molecule has 34 heteroatoms. The average Bonchev–Trinajstić information content (AvgIpc) is 4.23. The molecule has 6 heterocycles. The number of hydrogen-bond donors (Lipinski definition) is 13. The molecular weight excluding hydrogens is 1120 g/mol. The summed E-state index contributed by atoms with van der Waals surface area (Å²) in [4.78, 5) is 41.1. The summed E-state index contributed by atoms with van der Waals surface area (Å²) in [5, 5.41) is 83.2. The largest absolute Gasteiger partial charge is 0.397 e. The summed E-state index contributed by atoms with van der Waals surface area (Å²) in [5.74, 6) is -10.6. The maximum atomic E-state index is 14.7. The SMILES string of the molecule is Nc1ccnc2c1ncn2[C@@H]1O[C@H](CNS(=O)(=O)NC(=O)CCC2(O)c3ccccc3C(O)C2(F)F)[C@@H](O)[C@H]1O.Nc1ccnc2c1ncn2[C@@H]1O[C@H](COS(=O)(=O)NC(=O)CCC2(O)c3ccccc3C(O)C2(F)F)[C@@H](O)[C@H]1O. The molecule has 2 saturated heterocycles. The van der Waals surface area contributed by atoms with Gasteiger partial charge in [0.2, 0.25) is 11.8 Å². The molecular formula is C46H51F4N11O17S2. The van der Waals surface area contributed by atoms with E-state index in [0.717, 1.165) is 0 Å². The quantitative estimate of drug-likeness (QED) is 0.0480. The number of anilines is 2. The zero-order chi connectivity index (χ0) is 58.1. The minimum atomic E-state index is -4.83. The number of carbonyl (C=O) groups is 2. The highest BCUT2D eigenvalue weighted by Crippen LogP contribution is 2.57. The number of nitrogens with two attached hydrogens (primary N) is 2. The number of alkyl halides is 4. The Bertz CT molecular complexity index is 3340. The molecule has 2 amide bonds. The molecule has 2 aliphatic carbocycles. The smallest absolute Gasteiger partial charge is 0.362 e. The fourth-order valence-electron chi connectivity index (χ4n) is 9.93. The fourth-order valence-corrected chi connectivity index (χ4v) is 11.5. The first kappa shape index (κ1) is 58.0. The Kier molecular flexibility index (Phi) is 15.5. The van der Waals surface area contributed by atoms with Gasteiger partial charge in [-0.25, -0.2) is 29.4 Å². The van der Waals surface area contributed by atoms with E-state index in [4.69, 9.17) is 25.1 Å². The number of rotatable bonds is 16. The number of hydrogen-bond acceptors (Lipinski definition) is 23. The van der Waals surface area contributed by atoms with Crippen LogP contribution in [-0.2, 0) is 55.0 Å². The second-order valence-corrected chi connectivity index (χ2v) is 22.0. The van der Waals surface area contributed by atoms with E-state index >= 15 is 0 Å². The normalized spacial score (nSPS) is 29.5. The number of carbonyl (C=O) groups excluding carboxylic acids is 2. The van der Waals surface area contributed by atoms with Crippen LogP contribution >= 0.6 is 0 Å². The number of aliphatic hydroxyl groups is 8. The molecule has 0 bridgehead atoms. The summed E-state index contributed by atoms with van der Waals surface area (Å²) in [6, 6.07) is 13.4. The zero-order valence-corrected chi connectivity index (χ0v) is 42.7. The number of ether oxygens (including phenoxy) is 2. The highest BCUT2D eigenvalue weighted by Gasteiger charge is 2.66. The predicted molar refractivity (Wildman–Crippen MR) is 263 cm³/mol. The highest BCUT2D eigenvalue weighted by atomic mass is 32.2. The molecule has 432 valence electrons. The molecule has 0 spiro atoms. The third kappa shape index (κ3) is 10.3. The highest BCUT2D eigenvalue weighted by molar-refractivity contribution is 7.88. The maximum Gasteiger partial charge on any atom is 0.362 e. The van der Waals surface area contributed by atoms with Crippen molar-refractivity contribution in [3.8, 4) is 0 Å². The topological polar surface area (TPSA) is 442 Å². The molecule has 80 heavy (non-hydrogen) atoms. The molecule has 10 rings (SSSR count). The van der Waals surface area contributed by atoms with Crippen LogP contribution in [0, 0.1) is 0 Å². The Balaban J connectivity index is 0.000000194. The molecule has 2 aliphatic heterocycles. The van der Waals surface area contributed by atoms with Gasteiger partial charge in [-0.1, -0.05) is 48.5 Å². The number of pyridine rings is 2. The Morgan fingerprint density at radius 2 is 1.05 bits per heavy atom. The van der Waals surface area contributed by atoms with Gasteiger partial charge in [-0.2, -0.15) is 39.1 Å². The number of nitrogens with zero attached hydrogens (tertiary/aromatic N) is 6. The molecule has 2 fully saturated rings. The van der Waals surface area contributed by atoms with E-state index in [1.807, 2.05) is 4.72 Å². The summed E-state index contributed by atoms with van der Waals surface area (Å²) in [6.45, 7) is -1.41. The molecule has 4 aromatic heterocycles. The van der Waals surface area contributed by atoms with Crippen LogP contribution in [0.1, 0.15) is 72.6 Å². The van der Waals surface area contributed by atoms with Gasteiger partial charge in [-0.05, 0) is 47.2 Å². The maximum absolute atomic E-state index is 14.7. The standard InChI is InChI=1S/C23H26F2N6O8S.C23H25F2N5O9S/c24-23(25)19(35)11-3-1-2-4-12(11)22(23,36)7-5-15(32)30-40(37,38)29-9-14-17(33)18(34)21(39-14)31-10-28-16-13(26)6-8-27-20(16)31;24-23(25)19(34)11-3-1-2-4-12(11)22(23,35)7-5-15(31)29-40(36,37)38-9-14-17(32)18(33)21(39-14)30-10-28-16-13(26)6-8-27-20(16)30/h1-4,6,8,10,14,17-19,21,29,33-36H,5,7,9H2,(H2,26,27)(H,30,32);1-4,6,8,10,14,17-19,21,32-35H,5,7,9H2,(H2,26,27)(H,29,31)/t2*14-,17-,18-,19?,21-,22?/m11/s1. The lowest BCUT2D eigenvalue weighted by Crippen LogP contribution is -2.47. The Hall–Kier alpha value is -6.64. The van der Waals surface area contributed by atoms with Gasteiger partial charge >= 0.3 is 32.4 Å². The number of amides is 2. The first-order valence-electron chi connectivity index (χ1n) is 24.0. The first-order valence-corrected chi connectivity index (χ1v) is 26.9. The minimum Gasteiger partial charge on any atom is -0.397 e. The fraction of sp³-hybridized carbons (Fsp3) is 0.435.